The van der Waals surface area contributed by atoms with Crippen LogP contribution in [0.5, 0.6) is 5.75 Å². The first-order chi connectivity index (χ1) is 16.8. The molecule has 0 aliphatic rings. The van der Waals surface area contributed by atoms with E-state index >= 15 is 0 Å². The molecule has 0 aliphatic carbocycles. The summed E-state index contributed by atoms with van der Waals surface area (Å²) in [5.74, 6) is 1.08. The zero-order valence-corrected chi connectivity index (χ0v) is 20.0. The molecule has 3 aromatic carbocycles. The van der Waals surface area contributed by atoms with Crippen molar-refractivity contribution < 1.29 is 17.5 Å². The number of nitrogens with one attached hydrogen (secondary N) is 1. The Bertz CT molecular complexity index is 1410. The SMILES string of the molecule is COc1cccc(CCNCc2nc(Cc3ccccc3)n(-c3ccc(S(N)(=O)=O)cc3F)n2)c1. The van der Waals surface area contributed by atoms with Gasteiger partial charge in [0.2, 0.25) is 10.0 Å². The first-order valence-corrected chi connectivity index (χ1v) is 12.5. The number of halogens is 1. The highest BCUT2D eigenvalue weighted by molar-refractivity contribution is 7.89. The molecule has 1 aromatic heterocycles. The number of methoxy groups -OCH3 is 1. The fourth-order valence-corrected chi connectivity index (χ4v) is 4.18. The fraction of sp³-hybridized carbons (Fsp3) is 0.200. The standard InChI is InChI=1S/C25H26FN5O3S/c1-34-20-9-5-8-19(14-20)12-13-28-17-24-29-25(15-18-6-3-2-4-7-18)31(30-24)23-11-10-21(16-22(23)26)35(27,32)33/h2-11,14,16,28H,12-13,15,17H2,1H3,(H2,27,32,33). The van der Waals surface area contributed by atoms with Crippen molar-refractivity contribution in [3.05, 3.63) is 101 Å². The molecule has 0 aliphatic heterocycles. The van der Waals surface area contributed by atoms with Gasteiger partial charge in [0.1, 0.15) is 23.1 Å². The van der Waals surface area contributed by atoms with Gasteiger partial charge in [-0.2, -0.15) is 0 Å². The topological polar surface area (TPSA) is 112 Å². The smallest absolute Gasteiger partial charge is 0.238 e. The van der Waals surface area contributed by atoms with E-state index in [-0.39, 0.29) is 10.6 Å². The monoisotopic (exact) mass is 495 g/mol. The van der Waals surface area contributed by atoms with E-state index in [1.807, 2.05) is 54.6 Å². The Morgan fingerprint density at radius 2 is 1.80 bits per heavy atom. The third-order valence-corrected chi connectivity index (χ3v) is 6.32. The molecule has 0 radical (unpaired) electrons. The number of sulfonamides is 1. The summed E-state index contributed by atoms with van der Waals surface area (Å²) < 4.78 is 44.8. The van der Waals surface area contributed by atoms with Crippen LogP contribution < -0.4 is 15.2 Å². The van der Waals surface area contributed by atoms with Gasteiger partial charge in [0.05, 0.1) is 18.6 Å². The van der Waals surface area contributed by atoms with Gasteiger partial charge in [0, 0.05) is 6.42 Å². The Balaban J connectivity index is 1.54. The highest BCUT2D eigenvalue weighted by Crippen LogP contribution is 2.20. The van der Waals surface area contributed by atoms with E-state index in [1.54, 1.807) is 7.11 Å². The number of nitrogens with zero attached hydrogens (tertiary/aromatic N) is 3. The zero-order valence-electron chi connectivity index (χ0n) is 19.2. The summed E-state index contributed by atoms with van der Waals surface area (Å²) in [6.45, 7) is 1.07. The highest BCUT2D eigenvalue weighted by Gasteiger charge is 2.18. The van der Waals surface area contributed by atoms with Crippen molar-refractivity contribution in [2.24, 2.45) is 5.14 Å². The van der Waals surface area contributed by atoms with Crippen molar-refractivity contribution in [3.8, 4) is 11.4 Å². The second-order valence-electron chi connectivity index (χ2n) is 7.95. The van der Waals surface area contributed by atoms with Gasteiger partial charge in [-0.1, -0.05) is 42.5 Å². The van der Waals surface area contributed by atoms with E-state index in [1.165, 1.54) is 16.8 Å². The largest absolute Gasteiger partial charge is 0.497 e. The Labute approximate surface area is 203 Å². The predicted octanol–water partition coefficient (Wildman–Crippen LogP) is 2.99. The van der Waals surface area contributed by atoms with Crippen LogP contribution in [0.15, 0.2) is 77.7 Å². The molecule has 0 fully saturated rings. The minimum absolute atomic E-state index is 0.0958. The lowest BCUT2D eigenvalue weighted by Gasteiger charge is -2.08. The minimum Gasteiger partial charge on any atom is -0.497 e. The summed E-state index contributed by atoms with van der Waals surface area (Å²) in [7, 11) is -2.39. The minimum atomic E-state index is -4.02. The van der Waals surface area contributed by atoms with Gasteiger partial charge in [-0.25, -0.2) is 27.6 Å². The maximum atomic E-state index is 14.9. The molecule has 8 nitrogen and oxygen atoms in total. The molecule has 4 aromatic rings. The number of nitrogens with two attached hydrogens (primary N) is 1. The maximum Gasteiger partial charge on any atom is 0.238 e. The maximum absolute atomic E-state index is 14.9. The number of ether oxygens (including phenoxy) is 1. The van der Waals surface area contributed by atoms with Crippen molar-refractivity contribution in [1.29, 1.82) is 0 Å². The lowest BCUT2D eigenvalue weighted by molar-refractivity contribution is 0.414. The van der Waals surface area contributed by atoms with Gasteiger partial charge >= 0.3 is 0 Å². The summed E-state index contributed by atoms with van der Waals surface area (Å²) >= 11 is 0. The lowest BCUT2D eigenvalue weighted by Crippen LogP contribution is -2.17. The molecule has 35 heavy (non-hydrogen) atoms. The summed E-state index contributed by atoms with van der Waals surface area (Å²) in [6.07, 6.45) is 1.21. The van der Waals surface area contributed by atoms with Crippen molar-refractivity contribution in [1.82, 2.24) is 20.1 Å². The molecule has 3 N–H and O–H groups in total. The van der Waals surface area contributed by atoms with Gasteiger partial charge in [-0.05, 0) is 54.4 Å². The van der Waals surface area contributed by atoms with Gasteiger partial charge in [-0.3, -0.25) is 0 Å². The number of aromatic nitrogens is 3. The van der Waals surface area contributed by atoms with Crippen LogP contribution >= 0.6 is 0 Å². The van der Waals surface area contributed by atoms with Crippen LogP contribution in [-0.4, -0.2) is 36.8 Å². The molecule has 0 unspecified atom stereocenters. The normalized spacial score (nSPS) is 11.5. The second kappa shape index (κ2) is 10.8. The highest BCUT2D eigenvalue weighted by atomic mass is 32.2. The van der Waals surface area contributed by atoms with Crippen molar-refractivity contribution >= 4 is 10.0 Å². The van der Waals surface area contributed by atoms with E-state index in [0.717, 1.165) is 29.4 Å². The van der Waals surface area contributed by atoms with Crippen LogP contribution in [0.25, 0.3) is 5.69 Å². The lowest BCUT2D eigenvalue weighted by atomic mass is 10.1. The Hall–Kier alpha value is -3.60. The third-order valence-electron chi connectivity index (χ3n) is 5.41. The Morgan fingerprint density at radius 3 is 2.51 bits per heavy atom. The first-order valence-electron chi connectivity index (χ1n) is 11.0. The summed E-state index contributed by atoms with van der Waals surface area (Å²) in [5.41, 5.74) is 2.22. The van der Waals surface area contributed by atoms with Gasteiger partial charge < -0.3 is 10.1 Å². The molecule has 0 bridgehead atoms. The number of primary sulfonamides is 1. The first kappa shape index (κ1) is 24.5. The van der Waals surface area contributed by atoms with Crippen LogP contribution in [0.1, 0.15) is 22.8 Å². The van der Waals surface area contributed by atoms with E-state index < -0.39 is 15.8 Å². The quantitative estimate of drug-likeness (QED) is 0.327. The Kier molecular flexibility index (Phi) is 7.54. The molecule has 182 valence electrons. The van der Waals surface area contributed by atoms with Crippen molar-refractivity contribution in [3.63, 3.8) is 0 Å². The number of benzene rings is 3. The van der Waals surface area contributed by atoms with Crippen LogP contribution in [-0.2, 0) is 29.4 Å². The number of hydrogen-bond acceptors (Lipinski definition) is 6. The zero-order chi connectivity index (χ0) is 24.8. The average Bonchev–Trinajstić information content (AvgIpc) is 3.24. The molecule has 0 saturated heterocycles. The van der Waals surface area contributed by atoms with Crippen LogP contribution in [0.4, 0.5) is 4.39 Å². The average molecular weight is 496 g/mol. The second-order valence-corrected chi connectivity index (χ2v) is 9.52. The van der Waals surface area contributed by atoms with Crippen molar-refractivity contribution in [2.45, 2.75) is 24.3 Å². The predicted molar refractivity (Wildman–Crippen MR) is 130 cm³/mol. The van der Waals surface area contributed by atoms with Gasteiger partial charge in [0.25, 0.3) is 0 Å². The molecule has 4 rings (SSSR count). The van der Waals surface area contributed by atoms with E-state index in [4.69, 9.17) is 9.88 Å². The third kappa shape index (κ3) is 6.30. The summed E-state index contributed by atoms with van der Waals surface area (Å²) in [6, 6.07) is 21.0. The molecule has 0 spiro atoms. The van der Waals surface area contributed by atoms with E-state index in [9.17, 15) is 12.8 Å². The number of hydrogen-bond donors (Lipinski definition) is 2. The van der Waals surface area contributed by atoms with E-state index in [2.05, 4.69) is 15.4 Å². The number of rotatable bonds is 10. The molecular weight excluding hydrogens is 469 g/mol. The Morgan fingerprint density at radius 1 is 1.03 bits per heavy atom. The molecule has 0 amide bonds. The van der Waals surface area contributed by atoms with Gasteiger partial charge in [-0.15, -0.1) is 5.10 Å². The van der Waals surface area contributed by atoms with E-state index in [0.29, 0.717) is 31.2 Å². The van der Waals surface area contributed by atoms with Crippen molar-refractivity contribution in [2.75, 3.05) is 13.7 Å². The molecule has 10 heteroatoms. The molecule has 0 atom stereocenters. The summed E-state index contributed by atoms with van der Waals surface area (Å²) in [5, 5.41) is 13.0. The van der Waals surface area contributed by atoms with Crippen LogP contribution in [0.3, 0.4) is 0 Å². The van der Waals surface area contributed by atoms with Gasteiger partial charge in [0.15, 0.2) is 5.82 Å². The molecule has 1 heterocycles. The molecule has 0 saturated carbocycles. The summed E-state index contributed by atoms with van der Waals surface area (Å²) in [4.78, 5) is 4.32. The molecular formula is C25H26FN5O3S. The fourth-order valence-electron chi connectivity index (χ4n) is 3.65. The van der Waals surface area contributed by atoms with Crippen LogP contribution in [0, 0.1) is 5.82 Å². The van der Waals surface area contributed by atoms with Crippen LogP contribution in [0.2, 0.25) is 0 Å².